The highest BCUT2D eigenvalue weighted by atomic mass is 32.2. The zero-order chi connectivity index (χ0) is 20.7. The number of rotatable bonds is 10. The van der Waals surface area contributed by atoms with E-state index in [0.29, 0.717) is 12.2 Å². The maximum absolute atomic E-state index is 12.0. The van der Waals surface area contributed by atoms with Crippen molar-refractivity contribution in [2.24, 2.45) is 0 Å². The van der Waals surface area contributed by atoms with Gasteiger partial charge in [-0.05, 0) is 24.1 Å². The molecule has 0 saturated carbocycles. The van der Waals surface area contributed by atoms with E-state index in [1.165, 1.54) is 40.7 Å². The van der Waals surface area contributed by atoms with Crippen LogP contribution in [0.15, 0.2) is 48.5 Å². The maximum atomic E-state index is 12.0. The lowest BCUT2D eigenvalue weighted by atomic mass is 10.1. The summed E-state index contributed by atoms with van der Waals surface area (Å²) < 4.78 is 30.6. The molecule has 0 aromatic heterocycles. The summed E-state index contributed by atoms with van der Waals surface area (Å²) in [5, 5.41) is 21.3. The summed E-state index contributed by atoms with van der Waals surface area (Å²) in [6.45, 7) is 0.369. The molecule has 0 bridgehead atoms. The van der Waals surface area contributed by atoms with Crippen molar-refractivity contribution in [3.05, 3.63) is 74.3 Å². The number of hydrogen-bond acceptors (Lipinski definition) is 7. The Balaban J connectivity index is 1.91. The highest BCUT2D eigenvalue weighted by Gasteiger charge is 2.17. The Labute approximate surface area is 161 Å². The van der Waals surface area contributed by atoms with Crippen LogP contribution in [-0.4, -0.2) is 48.5 Å². The topological polar surface area (TPSA) is 133 Å². The molecule has 2 rings (SSSR count). The highest BCUT2D eigenvalue weighted by molar-refractivity contribution is 7.88. The first-order chi connectivity index (χ1) is 13.2. The molecular formula is C17H19N3O7S. The van der Waals surface area contributed by atoms with E-state index in [4.69, 9.17) is 4.74 Å². The second-order valence-corrected chi connectivity index (χ2v) is 7.92. The number of nitro benzene ring substituents is 2. The molecule has 0 fully saturated rings. The molecule has 0 unspecified atom stereocenters. The summed E-state index contributed by atoms with van der Waals surface area (Å²) in [6, 6.07) is 11.4. The smallest absolute Gasteiger partial charge is 0.269 e. The second kappa shape index (κ2) is 9.24. The van der Waals surface area contributed by atoms with Gasteiger partial charge in [0.05, 0.1) is 16.1 Å². The number of non-ortho nitro benzene ring substituents is 2. The summed E-state index contributed by atoms with van der Waals surface area (Å²) in [5.41, 5.74) is 0.684. The predicted octanol–water partition coefficient (Wildman–Crippen LogP) is 2.39. The minimum atomic E-state index is -3.47. The summed E-state index contributed by atoms with van der Waals surface area (Å²) >= 11 is 0. The molecule has 0 spiro atoms. The Kier molecular flexibility index (Phi) is 7.01. The molecule has 150 valence electrons. The van der Waals surface area contributed by atoms with Gasteiger partial charge in [0.2, 0.25) is 10.0 Å². The average Bonchev–Trinajstić information content (AvgIpc) is 2.64. The molecule has 0 aliphatic carbocycles. The summed E-state index contributed by atoms with van der Waals surface area (Å²) in [5.74, 6) is 0.398. The van der Waals surface area contributed by atoms with Crippen molar-refractivity contribution < 1.29 is 23.0 Å². The summed E-state index contributed by atoms with van der Waals surface area (Å²) in [7, 11) is -3.47. The van der Waals surface area contributed by atoms with Crippen molar-refractivity contribution in [2.45, 2.75) is 6.42 Å². The van der Waals surface area contributed by atoms with Gasteiger partial charge in [0.1, 0.15) is 12.4 Å². The van der Waals surface area contributed by atoms with Gasteiger partial charge in [-0.2, -0.15) is 4.31 Å². The first kappa shape index (κ1) is 21.3. The first-order valence-electron chi connectivity index (χ1n) is 8.22. The van der Waals surface area contributed by atoms with Crippen LogP contribution in [0.4, 0.5) is 11.4 Å². The lowest BCUT2D eigenvalue weighted by molar-refractivity contribution is -0.385. The van der Waals surface area contributed by atoms with Gasteiger partial charge < -0.3 is 4.74 Å². The number of nitro groups is 2. The number of ether oxygens (including phenoxy) is 1. The molecule has 0 saturated heterocycles. The SMILES string of the molecule is CS(=O)(=O)N(CCOc1ccc([N+](=O)[O-])cc1)CCc1ccc([N+](=O)[O-])cc1. The van der Waals surface area contributed by atoms with Crippen LogP contribution in [0.5, 0.6) is 5.75 Å². The van der Waals surface area contributed by atoms with E-state index in [2.05, 4.69) is 0 Å². The molecule has 2 aromatic carbocycles. The van der Waals surface area contributed by atoms with Crippen molar-refractivity contribution in [1.29, 1.82) is 0 Å². The predicted molar refractivity (Wildman–Crippen MR) is 102 cm³/mol. The monoisotopic (exact) mass is 409 g/mol. The van der Waals surface area contributed by atoms with Gasteiger partial charge in [-0.1, -0.05) is 12.1 Å². The molecule has 0 heterocycles. The van der Waals surface area contributed by atoms with Crippen molar-refractivity contribution in [2.75, 3.05) is 26.0 Å². The Morgan fingerprint density at radius 2 is 1.39 bits per heavy atom. The average molecular weight is 409 g/mol. The lowest BCUT2D eigenvalue weighted by Crippen LogP contribution is -2.35. The van der Waals surface area contributed by atoms with E-state index in [-0.39, 0.29) is 31.1 Å². The molecule has 10 nitrogen and oxygen atoms in total. The lowest BCUT2D eigenvalue weighted by Gasteiger charge is -2.20. The first-order valence-corrected chi connectivity index (χ1v) is 10.1. The Morgan fingerprint density at radius 3 is 1.86 bits per heavy atom. The molecule has 11 heteroatoms. The van der Waals surface area contributed by atoms with Crippen molar-refractivity contribution in [1.82, 2.24) is 4.31 Å². The Morgan fingerprint density at radius 1 is 0.893 bits per heavy atom. The maximum Gasteiger partial charge on any atom is 0.269 e. The number of benzene rings is 2. The quantitative estimate of drug-likeness (QED) is 0.434. The third-order valence-electron chi connectivity index (χ3n) is 3.92. The number of hydrogen-bond donors (Lipinski definition) is 0. The third-order valence-corrected chi connectivity index (χ3v) is 5.23. The fraction of sp³-hybridized carbons (Fsp3) is 0.294. The number of sulfonamides is 1. The van der Waals surface area contributed by atoms with Crippen LogP contribution in [0.3, 0.4) is 0 Å². The fourth-order valence-corrected chi connectivity index (χ4v) is 3.24. The molecule has 0 radical (unpaired) electrons. The Hall–Kier alpha value is -3.05. The zero-order valence-electron chi connectivity index (χ0n) is 15.1. The van der Waals surface area contributed by atoms with E-state index in [0.717, 1.165) is 11.8 Å². The molecule has 0 N–H and O–H groups in total. The van der Waals surface area contributed by atoms with Crippen molar-refractivity contribution in [3.63, 3.8) is 0 Å². The molecule has 0 aliphatic heterocycles. The van der Waals surface area contributed by atoms with E-state index in [1.54, 1.807) is 12.1 Å². The van der Waals surface area contributed by atoms with Crippen LogP contribution >= 0.6 is 0 Å². The van der Waals surface area contributed by atoms with E-state index in [9.17, 15) is 28.6 Å². The van der Waals surface area contributed by atoms with E-state index >= 15 is 0 Å². The normalized spacial score (nSPS) is 11.4. The van der Waals surface area contributed by atoms with Crippen LogP contribution in [0.2, 0.25) is 0 Å². The van der Waals surface area contributed by atoms with Crippen molar-refractivity contribution >= 4 is 21.4 Å². The molecular weight excluding hydrogens is 390 g/mol. The highest BCUT2D eigenvalue weighted by Crippen LogP contribution is 2.17. The van der Waals surface area contributed by atoms with Crippen LogP contribution in [0.1, 0.15) is 5.56 Å². The third kappa shape index (κ3) is 6.28. The fourth-order valence-electron chi connectivity index (χ4n) is 2.41. The van der Waals surface area contributed by atoms with Gasteiger partial charge in [0.15, 0.2) is 0 Å². The van der Waals surface area contributed by atoms with E-state index in [1.807, 2.05) is 0 Å². The van der Waals surface area contributed by atoms with Crippen molar-refractivity contribution in [3.8, 4) is 5.75 Å². The number of nitrogens with zero attached hydrogens (tertiary/aromatic N) is 3. The van der Waals surface area contributed by atoms with Gasteiger partial charge in [-0.3, -0.25) is 20.2 Å². The molecule has 0 atom stereocenters. The van der Waals surface area contributed by atoms with Crippen LogP contribution in [-0.2, 0) is 16.4 Å². The molecule has 2 aromatic rings. The van der Waals surface area contributed by atoms with Gasteiger partial charge in [-0.25, -0.2) is 8.42 Å². The molecule has 0 aliphatic rings. The minimum absolute atomic E-state index is 0.0276. The minimum Gasteiger partial charge on any atom is -0.492 e. The summed E-state index contributed by atoms with van der Waals surface area (Å²) in [6.07, 6.45) is 1.48. The second-order valence-electron chi connectivity index (χ2n) is 5.94. The van der Waals surface area contributed by atoms with Gasteiger partial charge in [0.25, 0.3) is 11.4 Å². The van der Waals surface area contributed by atoms with Gasteiger partial charge in [-0.15, -0.1) is 0 Å². The summed E-state index contributed by atoms with van der Waals surface area (Å²) in [4.78, 5) is 20.3. The standard InChI is InChI=1S/C17H19N3O7S/c1-28(25,26)18(11-10-14-2-4-15(5-3-14)19(21)22)12-13-27-17-8-6-16(7-9-17)20(23)24/h2-9H,10-13H2,1H3. The van der Waals surface area contributed by atoms with Crippen LogP contribution in [0, 0.1) is 20.2 Å². The molecule has 28 heavy (non-hydrogen) atoms. The van der Waals surface area contributed by atoms with Gasteiger partial charge >= 0.3 is 0 Å². The van der Waals surface area contributed by atoms with E-state index < -0.39 is 19.9 Å². The zero-order valence-corrected chi connectivity index (χ0v) is 15.9. The largest absolute Gasteiger partial charge is 0.492 e. The van der Waals surface area contributed by atoms with Crippen LogP contribution in [0.25, 0.3) is 0 Å². The van der Waals surface area contributed by atoms with Gasteiger partial charge in [0, 0.05) is 37.4 Å². The Bertz CT molecular complexity index is 928. The molecule has 0 amide bonds. The van der Waals surface area contributed by atoms with Crippen LogP contribution < -0.4 is 4.74 Å².